The van der Waals surface area contributed by atoms with Crippen molar-refractivity contribution in [2.45, 2.75) is 39.0 Å². The van der Waals surface area contributed by atoms with Crippen LogP contribution >= 0.6 is 0 Å². The van der Waals surface area contributed by atoms with E-state index in [9.17, 15) is 32.3 Å². The molecule has 0 aliphatic heterocycles. The Bertz CT molecular complexity index is 2150. The summed E-state index contributed by atoms with van der Waals surface area (Å²) in [5.41, 5.74) is 2.13. The summed E-state index contributed by atoms with van der Waals surface area (Å²) in [5, 5.41) is 27.3. The molecule has 2 heterocycles. The zero-order valence-electron chi connectivity index (χ0n) is 29.8. The number of benzene rings is 3. The van der Waals surface area contributed by atoms with Crippen LogP contribution in [0.4, 0.5) is 24.5 Å². The Balaban J connectivity index is 1.12. The van der Waals surface area contributed by atoms with Gasteiger partial charge in [0, 0.05) is 66.2 Å². The van der Waals surface area contributed by atoms with Gasteiger partial charge in [0.2, 0.25) is 5.91 Å². The number of carbonyl (C=O) groups is 4. The van der Waals surface area contributed by atoms with Gasteiger partial charge in [-0.2, -0.15) is 18.3 Å². The first-order chi connectivity index (χ1) is 26.3. The highest BCUT2D eigenvalue weighted by Gasteiger charge is 2.32. The van der Waals surface area contributed by atoms with Crippen molar-refractivity contribution in [1.82, 2.24) is 30.4 Å². The number of halogens is 3. The van der Waals surface area contributed by atoms with Crippen molar-refractivity contribution < 1.29 is 46.9 Å². The van der Waals surface area contributed by atoms with Crippen molar-refractivity contribution in [3.05, 3.63) is 101 Å². The number of ether oxygens (including phenoxy) is 2. The number of hydrogen-bond acceptors (Lipinski definition) is 9. The second-order valence-corrected chi connectivity index (χ2v) is 12.4. The lowest BCUT2D eigenvalue weighted by Crippen LogP contribution is -2.45. The Morgan fingerprint density at radius 1 is 0.964 bits per heavy atom. The van der Waals surface area contributed by atoms with Gasteiger partial charge < -0.3 is 40.4 Å². The van der Waals surface area contributed by atoms with Gasteiger partial charge in [0.25, 0.3) is 11.8 Å². The molecule has 3 aromatic carbocycles. The maximum atomic E-state index is 13.7. The van der Waals surface area contributed by atoms with Gasteiger partial charge in [0.05, 0.1) is 24.0 Å². The number of H-pyrrole nitrogens is 1. The summed E-state index contributed by atoms with van der Waals surface area (Å²) < 4.78 is 53.0. The third-order valence-electron chi connectivity index (χ3n) is 8.16. The molecule has 15 nitrogen and oxygen atoms in total. The van der Waals surface area contributed by atoms with Gasteiger partial charge in [-0.3, -0.25) is 19.5 Å². The Morgan fingerprint density at radius 3 is 2.51 bits per heavy atom. The molecule has 6 N–H and O–H groups in total. The van der Waals surface area contributed by atoms with Crippen LogP contribution in [0, 0.1) is 6.92 Å². The van der Waals surface area contributed by atoms with E-state index in [1.165, 1.54) is 30.1 Å². The number of aliphatic carboxylic acids is 1. The fourth-order valence-corrected chi connectivity index (χ4v) is 5.40. The summed E-state index contributed by atoms with van der Waals surface area (Å²) in [5.74, 6) is -2.72. The van der Waals surface area contributed by atoms with E-state index < -0.39 is 41.5 Å². The third kappa shape index (κ3) is 11.1. The molecule has 5 aromatic rings. The zero-order chi connectivity index (χ0) is 39.5. The van der Waals surface area contributed by atoms with Gasteiger partial charge >= 0.3 is 12.1 Å². The van der Waals surface area contributed by atoms with Gasteiger partial charge in [-0.05, 0) is 74.4 Å². The molecule has 0 aliphatic rings. The molecule has 0 aliphatic carbocycles. The number of aromatic nitrogens is 4. The molecule has 290 valence electrons. The summed E-state index contributed by atoms with van der Waals surface area (Å²) in [6, 6.07) is 14.4. The molecule has 5 rings (SSSR count). The Labute approximate surface area is 312 Å². The van der Waals surface area contributed by atoms with Crippen molar-refractivity contribution in [2.75, 3.05) is 43.6 Å². The quantitative estimate of drug-likeness (QED) is 0.0681. The van der Waals surface area contributed by atoms with E-state index in [4.69, 9.17) is 14.6 Å². The number of amides is 3. The number of fused-ring (bicyclic) bond motifs is 1. The zero-order valence-corrected chi connectivity index (χ0v) is 29.8. The smallest absolute Gasteiger partial charge is 0.416 e. The minimum Gasteiger partial charge on any atom is -0.480 e. The molecule has 0 bridgehead atoms. The number of nitrogens with one attached hydrogen (secondary N) is 5. The predicted octanol–water partition coefficient (Wildman–Crippen LogP) is 4.68. The first-order valence-electron chi connectivity index (χ1n) is 17.1. The summed E-state index contributed by atoms with van der Waals surface area (Å²) in [6.45, 7) is 4.20. The summed E-state index contributed by atoms with van der Waals surface area (Å²) in [4.78, 5) is 53.0. The van der Waals surface area contributed by atoms with Crippen LogP contribution < -0.4 is 21.3 Å². The number of aromatic amines is 1. The van der Waals surface area contributed by atoms with E-state index in [2.05, 4.69) is 36.4 Å². The SMILES string of the molecule is Cc1cncn1-c1cc(C(=O)Nc2cccc(CNc3ccc4c(C(=O)NC(C)C(=O)NCCOCCCOCC(=O)O)n[nH]c4c3)c2)cc(C(F)(F)F)c1. The van der Waals surface area contributed by atoms with Gasteiger partial charge in [0.1, 0.15) is 12.6 Å². The number of anilines is 2. The van der Waals surface area contributed by atoms with Gasteiger partial charge in [-0.1, -0.05) is 12.1 Å². The van der Waals surface area contributed by atoms with Crippen LogP contribution in [0.3, 0.4) is 0 Å². The van der Waals surface area contributed by atoms with Crippen molar-refractivity contribution >= 4 is 46.0 Å². The molecular formula is C37H39F3N8O7. The number of alkyl halides is 3. The largest absolute Gasteiger partial charge is 0.480 e. The molecule has 55 heavy (non-hydrogen) atoms. The minimum absolute atomic E-state index is 0.103. The first-order valence-corrected chi connectivity index (χ1v) is 17.1. The number of carbonyl (C=O) groups excluding carboxylic acids is 3. The lowest BCUT2D eigenvalue weighted by atomic mass is 10.1. The van der Waals surface area contributed by atoms with Crippen molar-refractivity contribution in [3.8, 4) is 5.69 Å². The third-order valence-corrected chi connectivity index (χ3v) is 8.16. The van der Waals surface area contributed by atoms with E-state index in [0.717, 1.165) is 17.7 Å². The van der Waals surface area contributed by atoms with Crippen LogP contribution in [-0.4, -0.2) is 87.6 Å². The monoisotopic (exact) mass is 764 g/mol. The Morgan fingerprint density at radius 2 is 1.76 bits per heavy atom. The van der Waals surface area contributed by atoms with Crippen molar-refractivity contribution in [3.63, 3.8) is 0 Å². The normalized spacial score (nSPS) is 11.9. The van der Waals surface area contributed by atoms with Crippen LogP contribution in [0.5, 0.6) is 0 Å². The standard InChI is InChI=1S/C37H39F3N8O7/c1-22-18-41-21-48(22)29-15-25(14-26(16-29)37(38,39)40)35(52)45-28-6-3-5-24(13-28)19-43-27-7-8-30-31(17-27)46-47-33(30)36(53)44-23(2)34(51)42-9-12-54-10-4-11-55-20-32(49)50/h3,5-8,13-18,21,23,43H,4,9-12,19-20H2,1-2H3,(H,42,51)(H,44,53)(H,45,52)(H,46,47)(H,49,50). The molecule has 3 amide bonds. The van der Waals surface area contributed by atoms with Gasteiger partial charge in [-0.25, -0.2) is 9.78 Å². The highest BCUT2D eigenvalue weighted by atomic mass is 19.4. The van der Waals surface area contributed by atoms with E-state index in [0.29, 0.717) is 47.5 Å². The number of hydrogen-bond donors (Lipinski definition) is 6. The van der Waals surface area contributed by atoms with Crippen LogP contribution in [0.1, 0.15) is 51.0 Å². The molecule has 18 heteroatoms. The second-order valence-electron chi connectivity index (χ2n) is 12.4. The van der Waals surface area contributed by atoms with Gasteiger partial charge in [0.15, 0.2) is 5.69 Å². The molecular weight excluding hydrogens is 725 g/mol. The predicted molar refractivity (Wildman–Crippen MR) is 195 cm³/mol. The van der Waals surface area contributed by atoms with E-state index in [1.807, 2.05) is 6.07 Å². The van der Waals surface area contributed by atoms with Crippen LogP contribution in [0.25, 0.3) is 16.6 Å². The number of imidazole rings is 1. The molecule has 1 atom stereocenters. The number of aryl methyl sites for hydroxylation is 1. The molecule has 2 aromatic heterocycles. The topological polar surface area (TPSA) is 202 Å². The van der Waals surface area contributed by atoms with Crippen LogP contribution in [0.15, 0.2) is 73.2 Å². The summed E-state index contributed by atoms with van der Waals surface area (Å²) >= 11 is 0. The summed E-state index contributed by atoms with van der Waals surface area (Å²) in [6.07, 6.45) is -1.28. The molecule has 0 spiro atoms. The maximum absolute atomic E-state index is 13.7. The molecule has 0 saturated carbocycles. The van der Waals surface area contributed by atoms with E-state index >= 15 is 0 Å². The van der Waals surface area contributed by atoms with E-state index in [1.54, 1.807) is 43.3 Å². The lowest BCUT2D eigenvalue weighted by Gasteiger charge is -2.14. The van der Waals surface area contributed by atoms with Crippen LogP contribution in [0.2, 0.25) is 0 Å². The average Bonchev–Trinajstić information content (AvgIpc) is 3.78. The first kappa shape index (κ1) is 39.9. The molecule has 0 radical (unpaired) electrons. The maximum Gasteiger partial charge on any atom is 0.416 e. The lowest BCUT2D eigenvalue weighted by molar-refractivity contribution is -0.142. The highest BCUT2D eigenvalue weighted by Crippen LogP contribution is 2.32. The number of carboxylic acids is 1. The second kappa shape index (κ2) is 18.2. The van der Waals surface area contributed by atoms with E-state index in [-0.39, 0.29) is 43.3 Å². The average molecular weight is 765 g/mol. The fraction of sp³-hybridized carbons (Fsp3) is 0.297. The van der Waals surface area contributed by atoms with Crippen LogP contribution in [-0.2, 0) is 31.8 Å². The molecule has 0 fully saturated rings. The van der Waals surface area contributed by atoms with Crippen molar-refractivity contribution in [2.24, 2.45) is 0 Å². The number of rotatable bonds is 18. The molecule has 1 unspecified atom stereocenters. The molecule has 0 saturated heterocycles. The van der Waals surface area contributed by atoms with Crippen molar-refractivity contribution in [1.29, 1.82) is 0 Å². The minimum atomic E-state index is -4.67. The summed E-state index contributed by atoms with van der Waals surface area (Å²) in [7, 11) is 0. The Hall–Kier alpha value is -6.27. The number of carboxylic acid groups (broad SMARTS) is 1. The Kier molecular flexibility index (Phi) is 13.2. The highest BCUT2D eigenvalue weighted by molar-refractivity contribution is 6.06. The fourth-order valence-electron chi connectivity index (χ4n) is 5.40. The van der Waals surface area contributed by atoms with Gasteiger partial charge in [-0.15, -0.1) is 0 Å². The number of nitrogens with zero attached hydrogens (tertiary/aromatic N) is 3.